The van der Waals surface area contributed by atoms with Crippen molar-refractivity contribution in [3.8, 4) is 11.5 Å². The van der Waals surface area contributed by atoms with Crippen LogP contribution in [0.2, 0.25) is 0 Å². The van der Waals surface area contributed by atoms with Crippen molar-refractivity contribution in [3.05, 3.63) is 59.2 Å². The third-order valence-electron chi connectivity index (χ3n) is 4.23. The number of rotatable bonds is 7. The Labute approximate surface area is 150 Å². The Balaban J connectivity index is 2.09. The molecule has 2 aromatic carbocycles. The van der Waals surface area contributed by atoms with Crippen LogP contribution in [0.25, 0.3) is 0 Å². The van der Waals surface area contributed by atoms with Crippen LogP contribution < -0.4 is 14.8 Å². The topological polar surface area (TPSA) is 47.6 Å². The van der Waals surface area contributed by atoms with Crippen molar-refractivity contribution in [1.29, 1.82) is 0 Å². The van der Waals surface area contributed by atoms with Gasteiger partial charge in [-0.05, 0) is 44.9 Å². The first-order valence-electron chi connectivity index (χ1n) is 8.63. The van der Waals surface area contributed by atoms with Gasteiger partial charge in [-0.2, -0.15) is 0 Å². The van der Waals surface area contributed by atoms with Crippen molar-refractivity contribution in [2.45, 2.75) is 46.3 Å². The molecule has 0 fully saturated rings. The molecule has 25 heavy (non-hydrogen) atoms. The molecule has 0 saturated carbocycles. The summed E-state index contributed by atoms with van der Waals surface area (Å²) in [6.45, 7) is 7.92. The van der Waals surface area contributed by atoms with Crippen molar-refractivity contribution in [1.82, 2.24) is 5.32 Å². The van der Waals surface area contributed by atoms with Crippen LogP contribution >= 0.6 is 0 Å². The number of carbonyl (C=O) groups is 1. The molecule has 4 nitrogen and oxygen atoms in total. The Morgan fingerprint density at radius 1 is 1.12 bits per heavy atom. The highest BCUT2D eigenvalue weighted by atomic mass is 16.5. The van der Waals surface area contributed by atoms with Crippen LogP contribution in [0.5, 0.6) is 11.5 Å². The minimum absolute atomic E-state index is 0.124. The van der Waals surface area contributed by atoms with E-state index in [1.54, 1.807) is 7.11 Å². The molecule has 0 spiro atoms. The number of para-hydroxylation sites is 1. The molecule has 134 valence electrons. The maximum absolute atomic E-state index is 12.7. The summed E-state index contributed by atoms with van der Waals surface area (Å²) >= 11 is 0. The van der Waals surface area contributed by atoms with Crippen molar-refractivity contribution < 1.29 is 14.3 Å². The number of methoxy groups -OCH3 is 1. The van der Waals surface area contributed by atoms with Gasteiger partial charge in [-0.3, -0.25) is 4.79 Å². The van der Waals surface area contributed by atoms with Gasteiger partial charge in [0.05, 0.1) is 13.2 Å². The van der Waals surface area contributed by atoms with Gasteiger partial charge in [-0.1, -0.05) is 42.8 Å². The van der Waals surface area contributed by atoms with Crippen LogP contribution in [-0.2, 0) is 4.79 Å². The SMILES string of the molecule is CC[C@H](Oc1ccc(C)cc1C)C(=O)N[C@H](C)c1ccccc1OC. The molecule has 0 unspecified atom stereocenters. The first kappa shape index (κ1) is 18.8. The first-order valence-corrected chi connectivity index (χ1v) is 8.63. The molecule has 0 aromatic heterocycles. The summed E-state index contributed by atoms with van der Waals surface area (Å²) < 4.78 is 11.3. The molecule has 2 rings (SSSR count). The summed E-state index contributed by atoms with van der Waals surface area (Å²) in [6, 6.07) is 13.5. The molecule has 0 bridgehead atoms. The number of nitrogens with one attached hydrogen (secondary N) is 1. The van der Waals surface area contributed by atoms with Gasteiger partial charge in [0.1, 0.15) is 11.5 Å². The number of hydrogen-bond acceptors (Lipinski definition) is 3. The second kappa shape index (κ2) is 8.56. The van der Waals surface area contributed by atoms with Gasteiger partial charge in [-0.25, -0.2) is 0 Å². The number of hydrogen-bond donors (Lipinski definition) is 1. The summed E-state index contributed by atoms with van der Waals surface area (Å²) in [5, 5.41) is 3.03. The summed E-state index contributed by atoms with van der Waals surface area (Å²) in [6.07, 6.45) is 0.0659. The molecule has 2 atom stereocenters. The van der Waals surface area contributed by atoms with Gasteiger partial charge in [0.2, 0.25) is 0 Å². The highest BCUT2D eigenvalue weighted by molar-refractivity contribution is 5.81. The summed E-state index contributed by atoms with van der Waals surface area (Å²) in [5.74, 6) is 1.39. The highest BCUT2D eigenvalue weighted by Crippen LogP contribution is 2.25. The normalized spacial score (nSPS) is 13.0. The molecule has 0 aliphatic heterocycles. The Bertz CT molecular complexity index is 727. The van der Waals surface area contributed by atoms with Gasteiger partial charge in [0, 0.05) is 5.56 Å². The zero-order chi connectivity index (χ0) is 18.4. The maximum Gasteiger partial charge on any atom is 0.261 e. The summed E-state index contributed by atoms with van der Waals surface area (Å²) in [5.41, 5.74) is 3.15. The Hall–Kier alpha value is -2.49. The highest BCUT2D eigenvalue weighted by Gasteiger charge is 2.22. The Morgan fingerprint density at radius 2 is 1.84 bits per heavy atom. The van der Waals surface area contributed by atoms with E-state index in [4.69, 9.17) is 9.47 Å². The average Bonchev–Trinajstić information content (AvgIpc) is 2.60. The van der Waals surface area contributed by atoms with E-state index in [-0.39, 0.29) is 11.9 Å². The van der Waals surface area contributed by atoms with Crippen LogP contribution in [0.1, 0.15) is 43.0 Å². The van der Waals surface area contributed by atoms with E-state index in [9.17, 15) is 4.79 Å². The van der Waals surface area contributed by atoms with Gasteiger partial charge < -0.3 is 14.8 Å². The van der Waals surface area contributed by atoms with Gasteiger partial charge in [0.15, 0.2) is 6.10 Å². The lowest BCUT2D eigenvalue weighted by molar-refractivity contribution is -0.128. The number of carbonyl (C=O) groups excluding carboxylic acids is 1. The summed E-state index contributed by atoms with van der Waals surface area (Å²) in [4.78, 5) is 12.7. The van der Waals surface area contributed by atoms with Gasteiger partial charge in [-0.15, -0.1) is 0 Å². The predicted molar refractivity (Wildman–Crippen MR) is 100 cm³/mol. The molecule has 1 amide bonds. The van der Waals surface area contributed by atoms with E-state index in [2.05, 4.69) is 11.4 Å². The van der Waals surface area contributed by atoms with Crippen molar-refractivity contribution in [2.75, 3.05) is 7.11 Å². The molecule has 0 aliphatic rings. The average molecular weight is 341 g/mol. The quantitative estimate of drug-likeness (QED) is 0.814. The lowest BCUT2D eigenvalue weighted by atomic mass is 10.1. The maximum atomic E-state index is 12.7. The second-order valence-corrected chi connectivity index (χ2v) is 6.26. The third-order valence-corrected chi connectivity index (χ3v) is 4.23. The minimum atomic E-state index is -0.529. The molecule has 4 heteroatoms. The van der Waals surface area contributed by atoms with Crippen molar-refractivity contribution in [2.24, 2.45) is 0 Å². The minimum Gasteiger partial charge on any atom is -0.496 e. The molecular weight excluding hydrogens is 314 g/mol. The number of ether oxygens (including phenoxy) is 2. The fourth-order valence-electron chi connectivity index (χ4n) is 2.82. The van der Waals surface area contributed by atoms with E-state index in [0.29, 0.717) is 6.42 Å². The van der Waals surface area contributed by atoms with Crippen LogP contribution in [-0.4, -0.2) is 19.1 Å². The Morgan fingerprint density at radius 3 is 2.48 bits per heavy atom. The molecule has 1 N–H and O–H groups in total. The Kier molecular flexibility index (Phi) is 6.45. The smallest absolute Gasteiger partial charge is 0.261 e. The largest absolute Gasteiger partial charge is 0.496 e. The lowest BCUT2D eigenvalue weighted by Crippen LogP contribution is -2.39. The fraction of sp³-hybridized carbons (Fsp3) is 0.381. The van der Waals surface area contributed by atoms with Crippen LogP contribution in [0, 0.1) is 13.8 Å². The van der Waals surface area contributed by atoms with Crippen molar-refractivity contribution >= 4 is 5.91 Å². The number of amides is 1. The fourth-order valence-corrected chi connectivity index (χ4v) is 2.82. The predicted octanol–water partition coefficient (Wildman–Crippen LogP) is 4.35. The van der Waals surface area contributed by atoms with E-state index >= 15 is 0 Å². The van der Waals surface area contributed by atoms with E-state index in [1.165, 1.54) is 5.56 Å². The standard InChI is InChI=1S/C21H27NO3/c1-6-18(25-19-12-11-14(2)13-15(19)3)21(23)22-16(4)17-9-7-8-10-20(17)24-5/h7-13,16,18H,6H2,1-5H3,(H,22,23)/t16-,18+/m1/s1. The summed E-state index contributed by atoms with van der Waals surface area (Å²) in [7, 11) is 1.63. The van der Waals surface area contributed by atoms with Gasteiger partial charge in [0.25, 0.3) is 5.91 Å². The zero-order valence-electron chi connectivity index (χ0n) is 15.6. The van der Waals surface area contributed by atoms with Gasteiger partial charge >= 0.3 is 0 Å². The molecule has 0 aliphatic carbocycles. The van der Waals surface area contributed by atoms with Crippen LogP contribution in [0.4, 0.5) is 0 Å². The van der Waals surface area contributed by atoms with E-state index in [0.717, 1.165) is 22.6 Å². The van der Waals surface area contributed by atoms with Crippen molar-refractivity contribution in [3.63, 3.8) is 0 Å². The molecule has 0 radical (unpaired) electrons. The zero-order valence-corrected chi connectivity index (χ0v) is 15.6. The van der Waals surface area contributed by atoms with Crippen LogP contribution in [0.3, 0.4) is 0 Å². The van der Waals surface area contributed by atoms with E-state index < -0.39 is 6.10 Å². The third kappa shape index (κ3) is 4.75. The number of benzene rings is 2. The molecule has 0 saturated heterocycles. The molecule has 2 aromatic rings. The lowest BCUT2D eigenvalue weighted by Gasteiger charge is -2.22. The molecular formula is C21H27NO3. The van der Waals surface area contributed by atoms with Crippen LogP contribution in [0.15, 0.2) is 42.5 Å². The second-order valence-electron chi connectivity index (χ2n) is 6.26. The molecule has 0 heterocycles. The number of aryl methyl sites for hydroxylation is 2. The van der Waals surface area contributed by atoms with E-state index in [1.807, 2.05) is 64.1 Å². The monoisotopic (exact) mass is 341 g/mol. The first-order chi connectivity index (χ1) is 12.0.